The van der Waals surface area contributed by atoms with Gasteiger partial charge in [0.15, 0.2) is 8.68 Å². The zero-order valence-electron chi connectivity index (χ0n) is 12.2. The Hall–Kier alpha value is -1.12. The Labute approximate surface area is 141 Å². The molecule has 1 aromatic carbocycles. The van der Waals surface area contributed by atoms with Gasteiger partial charge in [0.05, 0.1) is 5.75 Å². The molecule has 2 aromatic rings. The Kier molecular flexibility index (Phi) is 6.66. The van der Waals surface area contributed by atoms with Gasteiger partial charge < -0.3 is 5.32 Å². The van der Waals surface area contributed by atoms with Gasteiger partial charge in [0.2, 0.25) is 5.91 Å². The molecule has 0 saturated carbocycles. The number of rotatable bonds is 7. The smallest absolute Gasteiger partial charge is 0.234 e. The van der Waals surface area contributed by atoms with Crippen LogP contribution in [0.25, 0.3) is 0 Å². The second-order valence-corrected chi connectivity index (χ2v) is 8.35. The van der Waals surface area contributed by atoms with Crippen LogP contribution in [0, 0.1) is 11.7 Å². The van der Waals surface area contributed by atoms with E-state index >= 15 is 0 Å². The lowest BCUT2D eigenvalue weighted by Gasteiger charge is -2.03. The summed E-state index contributed by atoms with van der Waals surface area (Å²) in [6.07, 6.45) is 0. The number of anilines is 1. The zero-order valence-corrected chi connectivity index (χ0v) is 14.7. The number of carbonyl (C=O) groups excluding carboxylic acids is 1. The van der Waals surface area contributed by atoms with E-state index in [2.05, 4.69) is 29.4 Å². The van der Waals surface area contributed by atoms with Crippen molar-refractivity contribution in [2.75, 3.05) is 16.8 Å². The highest BCUT2D eigenvalue weighted by Crippen LogP contribution is 2.29. The number of carbonyl (C=O) groups is 1. The number of benzene rings is 1. The Balaban J connectivity index is 1.77. The molecular formula is C14H16FN3OS3. The summed E-state index contributed by atoms with van der Waals surface area (Å²) in [7, 11) is 0. The van der Waals surface area contributed by atoms with Crippen molar-refractivity contribution in [3.8, 4) is 0 Å². The van der Waals surface area contributed by atoms with Gasteiger partial charge in [0.25, 0.3) is 0 Å². The van der Waals surface area contributed by atoms with Gasteiger partial charge in [-0.15, -0.1) is 10.2 Å². The molecule has 0 aliphatic heterocycles. The number of hydrogen-bond donors (Lipinski definition) is 1. The lowest BCUT2D eigenvalue weighted by Crippen LogP contribution is -2.13. The highest BCUT2D eigenvalue weighted by atomic mass is 32.2. The quantitative estimate of drug-likeness (QED) is 0.754. The average molecular weight is 358 g/mol. The maximum absolute atomic E-state index is 12.8. The average Bonchev–Trinajstić information content (AvgIpc) is 2.93. The van der Waals surface area contributed by atoms with Crippen LogP contribution in [0.15, 0.2) is 32.9 Å². The third-order valence-corrected chi connectivity index (χ3v) is 6.00. The lowest BCUT2D eigenvalue weighted by atomic mass is 10.3. The van der Waals surface area contributed by atoms with Crippen LogP contribution in [0.4, 0.5) is 10.1 Å². The molecule has 0 aliphatic carbocycles. The van der Waals surface area contributed by atoms with Gasteiger partial charge in [-0.05, 0) is 30.2 Å². The van der Waals surface area contributed by atoms with Crippen molar-refractivity contribution >= 4 is 46.5 Å². The number of thioether (sulfide) groups is 2. The summed E-state index contributed by atoms with van der Waals surface area (Å²) in [6, 6.07) is 5.68. The van der Waals surface area contributed by atoms with E-state index in [1.54, 1.807) is 11.8 Å². The molecule has 1 aromatic heterocycles. The Morgan fingerprint density at radius 3 is 2.50 bits per heavy atom. The maximum atomic E-state index is 12.8. The molecule has 0 fully saturated rings. The van der Waals surface area contributed by atoms with E-state index < -0.39 is 0 Å². The Morgan fingerprint density at radius 2 is 1.86 bits per heavy atom. The molecule has 1 N–H and O–H groups in total. The molecular weight excluding hydrogens is 341 g/mol. The minimum absolute atomic E-state index is 0.150. The van der Waals surface area contributed by atoms with Gasteiger partial charge in [-0.1, -0.05) is 48.7 Å². The van der Waals surface area contributed by atoms with Crippen molar-refractivity contribution in [1.29, 1.82) is 0 Å². The van der Waals surface area contributed by atoms with E-state index in [-0.39, 0.29) is 17.5 Å². The molecule has 0 bridgehead atoms. The zero-order chi connectivity index (χ0) is 15.9. The third kappa shape index (κ3) is 5.94. The second kappa shape index (κ2) is 8.50. The van der Waals surface area contributed by atoms with E-state index in [1.165, 1.54) is 47.4 Å². The standard InChI is InChI=1S/C14H16FN3OS3/c1-9(2)7-20-13-17-18-14(22-13)21-8-12(19)16-11-5-3-10(15)4-6-11/h3-6,9H,7-8H2,1-2H3,(H,16,19). The van der Waals surface area contributed by atoms with Crippen molar-refractivity contribution in [3.63, 3.8) is 0 Å². The summed E-state index contributed by atoms with van der Waals surface area (Å²) in [5.41, 5.74) is 0.581. The summed E-state index contributed by atoms with van der Waals surface area (Å²) in [6.45, 7) is 4.31. The van der Waals surface area contributed by atoms with Crippen LogP contribution in [0.3, 0.4) is 0 Å². The fourth-order valence-corrected chi connectivity index (χ4v) is 4.21. The van der Waals surface area contributed by atoms with Crippen molar-refractivity contribution in [1.82, 2.24) is 10.2 Å². The first-order chi connectivity index (χ1) is 10.5. The number of aromatic nitrogens is 2. The van der Waals surface area contributed by atoms with Crippen molar-refractivity contribution < 1.29 is 9.18 Å². The molecule has 118 valence electrons. The van der Waals surface area contributed by atoms with Gasteiger partial charge in [-0.3, -0.25) is 4.79 Å². The first-order valence-electron chi connectivity index (χ1n) is 6.67. The number of nitrogens with zero attached hydrogens (tertiary/aromatic N) is 2. The molecule has 1 amide bonds. The second-order valence-electron chi connectivity index (χ2n) is 4.88. The molecule has 2 rings (SSSR count). The van der Waals surface area contributed by atoms with Crippen LogP contribution in [-0.4, -0.2) is 27.6 Å². The fraction of sp³-hybridized carbons (Fsp3) is 0.357. The number of halogens is 1. The molecule has 0 atom stereocenters. The third-order valence-electron chi connectivity index (χ3n) is 2.38. The molecule has 0 saturated heterocycles. The number of hydrogen-bond acceptors (Lipinski definition) is 6. The van der Waals surface area contributed by atoms with E-state index in [0.29, 0.717) is 11.6 Å². The predicted molar refractivity (Wildman–Crippen MR) is 91.2 cm³/mol. The SMILES string of the molecule is CC(C)CSc1nnc(SCC(=O)Nc2ccc(F)cc2)s1. The largest absolute Gasteiger partial charge is 0.325 e. The van der Waals surface area contributed by atoms with Gasteiger partial charge in [0.1, 0.15) is 5.82 Å². The van der Waals surface area contributed by atoms with Gasteiger partial charge in [-0.25, -0.2) is 4.39 Å². The Bertz CT molecular complexity index is 616. The molecule has 0 unspecified atom stereocenters. The van der Waals surface area contributed by atoms with E-state index in [4.69, 9.17) is 0 Å². The molecule has 8 heteroatoms. The molecule has 4 nitrogen and oxygen atoms in total. The van der Waals surface area contributed by atoms with E-state index in [1.807, 2.05) is 0 Å². The van der Waals surface area contributed by atoms with Gasteiger partial charge in [-0.2, -0.15) is 0 Å². The first kappa shape index (κ1) is 17.2. The summed E-state index contributed by atoms with van der Waals surface area (Å²) < 4.78 is 14.5. The monoisotopic (exact) mass is 357 g/mol. The van der Waals surface area contributed by atoms with Crippen LogP contribution < -0.4 is 5.32 Å². The van der Waals surface area contributed by atoms with Crippen molar-refractivity contribution in [3.05, 3.63) is 30.1 Å². The van der Waals surface area contributed by atoms with Crippen LogP contribution in [0.2, 0.25) is 0 Å². The van der Waals surface area contributed by atoms with Crippen molar-refractivity contribution in [2.24, 2.45) is 5.92 Å². The lowest BCUT2D eigenvalue weighted by molar-refractivity contribution is -0.113. The molecule has 0 spiro atoms. The predicted octanol–water partition coefficient (Wildman–Crippen LogP) is 4.16. The van der Waals surface area contributed by atoms with Crippen LogP contribution in [0.5, 0.6) is 0 Å². The maximum Gasteiger partial charge on any atom is 0.234 e. The highest BCUT2D eigenvalue weighted by molar-refractivity contribution is 8.03. The van der Waals surface area contributed by atoms with Crippen LogP contribution in [0.1, 0.15) is 13.8 Å². The Morgan fingerprint density at radius 1 is 1.23 bits per heavy atom. The highest BCUT2D eigenvalue weighted by Gasteiger charge is 2.09. The normalized spacial score (nSPS) is 10.9. The number of nitrogens with one attached hydrogen (secondary N) is 1. The minimum atomic E-state index is -0.326. The first-order valence-corrected chi connectivity index (χ1v) is 9.46. The summed E-state index contributed by atoms with van der Waals surface area (Å²) in [4.78, 5) is 11.8. The topological polar surface area (TPSA) is 54.9 Å². The molecule has 22 heavy (non-hydrogen) atoms. The summed E-state index contributed by atoms with van der Waals surface area (Å²) in [5, 5.41) is 10.9. The summed E-state index contributed by atoms with van der Waals surface area (Å²) >= 11 is 4.53. The number of amides is 1. The molecule has 0 aliphatic rings. The van der Waals surface area contributed by atoms with E-state index in [9.17, 15) is 9.18 Å². The van der Waals surface area contributed by atoms with Gasteiger partial charge in [0, 0.05) is 11.4 Å². The molecule has 1 heterocycles. The van der Waals surface area contributed by atoms with E-state index in [0.717, 1.165) is 14.4 Å². The summed E-state index contributed by atoms with van der Waals surface area (Å²) in [5.74, 6) is 1.38. The van der Waals surface area contributed by atoms with Crippen LogP contribution >= 0.6 is 34.9 Å². The molecule has 0 radical (unpaired) electrons. The minimum Gasteiger partial charge on any atom is -0.325 e. The fourth-order valence-electron chi connectivity index (χ4n) is 1.41. The van der Waals surface area contributed by atoms with Gasteiger partial charge >= 0.3 is 0 Å². The van der Waals surface area contributed by atoms with Crippen LogP contribution in [-0.2, 0) is 4.79 Å². The van der Waals surface area contributed by atoms with Crippen molar-refractivity contribution in [2.45, 2.75) is 22.5 Å².